The predicted octanol–water partition coefficient (Wildman–Crippen LogP) is 2.13. The van der Waals surface area contributed by atoms with Crippen LogP contribution in [0.5, 0.6) is 5.75 Å². The molecule has 0 aliphatic heterocycles. The maximum Gasteiger partial charge on any atom is 0.115 e. The van der Waals surface area contributed by atoms with Crippen LogP contribution >= 0.6 is 0 Å². The zero-order valence-corrected chi connectivity index (χ0v) is 10.2. The summed E-state index contributed by atoms with van der Waals surface area (Å²) in [4.78, 5) is 2.45. The van der Waals surface area contributed by atoms with Gasteiger partial charge in [-0.15, -0.1) is 0 Å². The fourth-order valence-corrected chi connectivity index (χ4v) is 2.25. The van der Waals surface area contributed by atoms with E-state index in [0.717, 1.165) is 19.5 Å². The summed E-state index contributed by atoms with van der Waals surface area (Å²) in [5.74, 6) is 0.319. The lowest BCUT2D eigenvalue weighted by atomic mass is 9.91. The molecule has 1 fully saturated rings. The average molecular weight is 235 g/mol. The Labute approximate surface area is 103 Å². The zero-order chi connectivity index (χ0) is 12.1. The molecule has 1 aromatic rings. The van der Waals surface area contributed by atoms with Gasteiger partial charge in [-0.2, -0.15) is 0 Å². The van der Waals surface area contributed by atoms with Crippen LogP contribution in [0, 0.1) is 0 Å². The molecule has 1 aliphatic rings. The number of benzene rings is 1. The molecule has 0 spiro atoms. The third kappa shape index (κ3) is 3.45. The van der Waals surface area contributed by atoms with Crippen LogP contribution < -0.4 is 0 Å². The van der Waals surface area contributed by atoms with Gasteiger partial charge in [0.2, 0.25) is 0 Å². The van der Waals surface area contributed by atoms with Crippen LogP contribution in [0.15, 0.2) is 24.3 Å². The fraction of sp³-hybridized carbons (Fsp3) is 0.571. The minimum atomic E-state index is 0.263. The lowest BCUT2D eigenvalue weighted by molar-refractivity contribution is 0.109. The summed E-state index contributed by atoms with van der Waals surface area (Å²) in [5.41, 5.74) is 1.23. The van der Waals surface area contributed by atoms with Gasteiger partial charge in [-0.3, -0.25) is 4.90 Å². The largest absolute Gasteiger partial charge is 0.508 e. The van der Waals surface area contributed by atoms with E-state index in [0.29, 0.717) is 11.8 Å². The molecule has 1 aromatic carbocycles. The maximum atomic E-state index is 9.25. The molecule has 2 rings (SSSR count). The van der Waals surface area contributed by atoms with Crippen LogP contribution in [-0.2, 0) is 6.54 Å². The molecule has 3 nitrogen and oxygen atoms in total. The first-order valence-corrected chi connectivity index (χ1v) is 6.42. The second kappa shape index (κ2) is 6.03. The zero-order valence-electron chi connectivity index (χ0n) is 10.2. The van der Waals surface area contributed by atoms with E-state index in [2.05, 4.69) is 4.90 Å². The standard InChI is InChI=1S/C14H21NO2/c16-10-2-9-15(13-3-1-4-13)11-12-5-7-14(17)8-6-12/h5-8,13,16-17H,1-4,9-11H2. The lowest BCUT2D eigenvalue weighted by Gasteiger charge is -2.37. The Balaban J connectivity index is 1.93. The van der Waals surface area contributed by atoms with Crippen molar-refractivity contribution in [2.45, 2.75) is 38.3 Å². The van der Waals surface area contributed by atoms with Gasteiger partial charge in [0, 0.05) is 25.7 Å². The van der Waals surface area contributed by atoms with E-state index in [1.807, 2.05) is 12.1 Å². The minimum absolute atomic E-state index is 0.263. The van der Waals surface area contributed by atoms with Gasteiger partial charge in [-0.1, -0.05) is 18.6 Å². The summed E-state index contributed by atoms with van der Waals surface area (Å²) in [7, 11) is 0. The minimum Gasteiger partial charge on any atom is -0.508 e. The summed E-state index contributed by atoms with van der Waals surface area (Å²) < 4.78 is 0. The number of phenolic OH excluding ortho intramolecular Hbond substituents is 1. The summed E-state index contributed by atoms with van der Waals surface area (Å²) in [6.07, 6.45) is 4.73. The van der Waals surface area contributed by atoms with Gasteiger partial charge in [0.05, 0.1) is 0 Å². The third-order valence-corrected chi connectivity index (χ3v) is 3.52. The highest BCUT2D eigenvalue weighted by Gasteiger charge is 2.24. The van der Waals surface area contributed by atoms with E-state index in [4.69, 9.17) is 5.11 Å². The van der Waals surface area contributed by atoms with Crippen molar-refractivity contribution in [3.8, 4) is 5.75 Å². The number of phenols is 1. The van der Waals surface area contributed by atoms with Crippen molar-refractivity contribution in [3.63, 3.8) is 0 Å². The highest BCUT2D eigenvalue weighted by Crippen LogP contribution is 2.26. The third-order valence-electron chi connectivity index (χ3n) is 3.52. The van der Waals surface area contributed by atoms with Gasteiger partial charge < -0.3 is 10.2 Å². The van der Waals surface area contributed by atoms with Crippen LogP contribution in [0.25, 0.3) is 0 Å². The van der Waals surface area contributed by atoms with Crippen molar-refractivity contribution in [2.75, 3.05) is 13.2 Å². The summed E-state index contributed by atoms with van der Waals surface area (Å²) in [6, 6.07) is 8.11. The van der Waals surface area contributed by atoms with Gasteiger partial charge in [0.1, 0.15) is 5.75 Å². The molecule has 0 radical (unpaired) electrons. The molecule has 0 saturated heterocycles. The quantitative estimate of drug-likeness (QED) is 0.794. The number of nitrogens with zero attached hydrogens (tertiary/aromatic N) is 1. The molecule has 0 atom stereocenters. The monoisotopic (exact) mass is 235 g/mol. The Morgan fingerprint density at radius 2 is 1.88 bits per heavy atom. The number of rotatable bonds is 6. The second-order valence-corrected chi connectivity index (χ2v) is 4.80. The van der Waals surface area contributed by atoms with Crippen molar-refractivity contribution >= 4 is 0 Å². The highest BCUT2D eigenvalue weighted by molar-refractivity contribution is 5.25. The highest BCUT2D eigenvalue weighted by atomic mass is 16.3. The Bertz CT molecular complexity index is 333. The van der Waals surface area contributed by atoms with Crippen LogP contribution in [0.1, 0.15) is 31.2 Å². The molecule has 0 bridgehead atoms. The van der Waals surface area contributed by atoms with Crippen molar-refractivity contribution in [1.29, 1.82) is 0 Å². The van der Waals surface area contributed by atoms with Crippen LogP contribution in [-0.4, -0.2) is 34.3 Å². The normalized spacial score (nSPS) is 16.1. The molecule has 0 heterocycles. The number of hydrogen-bond acceptors (Lipinski definition) is 3. The second-order valence-electron chi connectivity index (χ2n) is 4.80. The number of aliphatic hydroxyl groups excluding tert-OH is 1. The Kier molecular flexibility index (Phi) is 4.40. The van der Waals surface area contributed by atoms with E-state index >= 15 is 0 Å². The topological polar surface area (TPSA) is 43.7 Å². The van der Waals surface area contributed by atoms with Gasteiger partial charge in [-0.05, 0) is 37.0 Å². The Morgan fingerprint density at radius 1 is 1.18 bits per heavy atom. The predicted molar refractivity (Wildman–Crippen MR) is 67.9 cm³/mol. The van der Waals surface area contributed by atoms with E-state index in [1.165, 1.54) is 24.8 Å². The summed E-state index contributed by atoms with van der Waals surface area (Å²) in [5, 5.41) is 18.2. The molecule has 1 saturated carbocycles. The SMILES string of the molecule is OCCCN(Cc1ccc(O)cc1)C1CCC1. The summed E-state index contributed by atoms with van der Waals surface area (Å²) in [6.45, 7) is 2.14. The fourth-order valence-electron chi connectivity index (χ4n) is 2.25. The van der Waals surface area contributed by atoms with Crippen molar-refractivity contribution in [3.05, 3.63) is 29.8 Å². The van der Waals surface area contributed by atoms with E-state index < -0.39 is 0 Å². The van der Waals surface area contributed by atoms with Crippen LogP contribution in [0.3, 0.4) is 0 Å². The van der Waals surface area contributed by atoms with Crippen molar-refractivity contribution in [1.82, 2.24) is 4.90 Å². The first kappa shape index (κ1) is 12.4. The average Bonchev–Trinajstić information content (AvgIpc) is 2.26. The number of aromatic hydroxyl groups is 1. The molecule has 0 amide bonds. The lowest BCUT2D eigenvalue weighted by Crippen LogP contribution is -2.40. The van der Waals surface area contributed by atoms with E-state index in [-0.39, 0.29) is 6.61 Å². The molecule has 17 heavy (non-hydrogen) atoms. The van der Waals surface area contributed by atoms with Crippen LogP contribution in [0.4, 0.5) is 0 Å². The number of hydrogen-bond donors (Lipinski definition) is 2. The molecular weight excluding hydrogens is 214 g/mol. The molecule has 1 aliphatic carbocycles. The maximum absolute atomic E-state index is 9.25. The molecule has 3 heteroatoms. The Morgan fingerprint density at radius 3 is 2.41 bits per heavy atom. The smallest absolute Gasteiger partial charge is 0.115 e. The van der Waals surface area contributed by atoms with Crippen LogP contribution in [0.2, 0.25) is 0 Å². The van der Waals surface area contributed by atoms with Gasteiger partial charge >= 0.3 is 0 Å². The van der Waals surface area contributed by atoms with E-state index in [9.17, 15) is 5.11 Å². The van der Waals surface area contributed by atoms with Gasteiger partial charge in [-0.25, -0.2) is 0 Å². The van der Waals surface area contributed by atoms with Crippen molar-refractivity contribution < 1.29 is 10.2 Å². The van der Waals surface area contributed by atoms with E-state index in [1.54, 1.807) is 12.1 Å². The van der Waals surface area contributed by atoms with Gasteiger partial charge in [0.25, 0.3) is 0 Å². The summed E-state index contributed by atoms with van der Waals surface area (Å²) >= 11 is 0. The molecular formula is C14H21NO2. The van der Waals surface area contributed by atoms with Crippen molar-refractivity contribution in [2.24, 2.45) is 0 Å². The molecule has 0 aromatic heterocycles. The first-order valence-electron chi connectivity index (χ1n) is 6.42. The Hall–Kier alpha value is -1.06. The molecule has 94 valence electrons. The molecule has 0 unspecified atom stereocenters. The first-order chi connectivity index (χ1) is 8.29. The number of aliphatic hydroxyl groups is 1. The van der Waals surface area contributed by atoms with Gasteiger partial charge in [0.15, 0.2) is 0 Å². The molecule has 2 N–H and O–H groups in total.